The van der Waals surface area contributed by atoms with Gasteiger partial charge in [-0.2, -0.15) is 13.2 Å². The van der Waals surface area contributed by atoms with Crippen LogP contribution in [0.25, 0.3) is 0 Å². The Kier molecular flexibility index (Phi) is 3.12. The Balaban J connectivity index is 2.30. The summed E-state index contributed by atoms with van der Waals surface area (Å²) in [6.45, 7) is 4.07. The fourth-order valence-corrected chi connectivity index (χ4v) is 2.98. The lowest BCUT2D eigenvalue weighted by atomic mass is 9.83. The molecule has 2 heterocycles. The molecule has 18 heavy (non-hydrogen) atoms. The van der Waals surface area contributed by atoms with Gasteiger partial charge in [0.05, 0.1) is 0 Å². The first kappa shape index (κ1) is 13.6. The summed E-state index contributed by atoms with van der Waals surface area (Å²) in [6.07, 6.45) is -3.09. The van der Waals surface area contributed by atoms with Crippen LogP contribution in [0, 0.1) is 5.41 Å². The maximum atomic E-state index is 13.3. The molecule has 0 saturated carbocycles. The van der Waals surface area contributed by atoms with E-state index in [1.165, 1.54) is 4.90 Å². The molecule has 3 nitrogen and oxygen atoms in total. The van der Waals surface area contributed by atoms with Crippen molar-refractivity contribution in [2.75, 3.05) is 19.6 Å². The van der Waals surface area contributed by atoms with Gasteiger partial charge < -0.3 is 10.2 Å². The molecule has 1 N–H and O–H groups in total. The summed E-state index contributed by atoms with van der Waals surface area (Å²) < 4.78 is 39.9. The second kappa shape index (κ2) is 4.11. The smallest absolute Gasteiger partial charge is 0.337 e. The van der Waals surface area contributed by atoms with Crippen molar-refractivity contribution < 1.29 is 18.0 Å². The summed E-state index contributed by atoms with van der Waals surface area (Å²) in [6, 6.07) is 0. The van der Waals surface area contributed by atoms with Crippen LogP contribution >= 0.6 is 0 Å². The van der Waals surface area contributed by atoms with E-state index in [0.717, 1.165) is 12.8 Å². The zero-order valence-corrected chi connectivity index (χ0v) is 10.7. The molecule has 2 rings (SSSR count). The number of nitrogens with zero attached hydrogens (tertiary/aromatic N) is 1. The van der Waals surface area contributed by atoms with Crippen LogP contribution in [0.4, 0.5) is 13.2 Å². The van der Waals surface area contributed by atoms with Gasteiger partial charge in [0.25, 0.3) is 0 Å². The van der Waals surface area contributed by atoms with Crippen molar-refractivity contribution in [2.24, 2.45) is 5.41 Å². The summed E-state index contributed by atoms with van der Waals surface area (Å²) >= 11 is 0. The maximum absolute atomic E-state index is 13.3. The second-order valence-corrected chi connectivity index (χ2v) is 5.88. The number of nitrogens with one attached hydrogen (secondary N) is 1. The molecule has 2 saturated heterocycles. The third kappa shape index (κ3) is 1.90. The number of hydrogen-bond acceptors (Lipinski definition) is 2. The molecule has 1 amide bonds. The standard InChI is InChI=1S/C12H19F3N2O/c1-10(2)4-3-7-17(10)9(18)11(12(13,14)15)5-6-16-8-11/h16H,3-8H2,1-2H3. The van der Waals surface area contributed by atoms with E-state index >= 15 is 0 Å². The highest BCUT2D eigenvalue weighted by molar-refractivity contribution is 5.85. The third-order valence-corrected chi connectivity index (χ3v) is 4.25. The Morgan fingerprint density at radius 2 is 1.94 bits per heavy atom. The van der Waals surface area contributed by atoms with Crippen molar-refractivity contribution in [3.8, 4) is 0 Å². The van der Waals surface area contributed by atoms with Crippen molar-refractivity contribution >= 4 is 5.91 Å². The molecule has 0 radical (unpaired) electrons. The molecule has 2 fully saturated rings. The van der Waals surface area contributed by atoms with Gasteiger partial charge in [-0.05, 0) is 39.7 Å². The Morgan fingerprint density at radius 3 is 2.33 bits per heavy atom. The predicted octanol–water partition coefficient (Wildman–Crippen LogP) is 1.93. The fraction of sp³-hybridized carbons (Fsp3) is 0.917. The normalized spacial score (nSPS) is 31.9. The van der Waals surface area contributed by atoms with E-state index in [1.807, 2.05) is 13.8 Å². The summed E-state index contributed by atoms with van der Waals surface area (Å²) in [5.74, 6) is -0.748. The van der Waals surface area contributed by atoms with Crippen LogP contribution in [-0.4, -0.2) is 42.2 Å². The number of alkyl halides is 3. The summed E-state index contributed by atoms with van der Waals surface area (Å²) in [7, 11) is 0. The van der Waals surface area contributed by atoms with Crippen LogP contribution in [0.1, 0.15) is 33.1 Å². The number of halogens is 3. The number of amides is 1. The van der Waals surface area contributed by atoms with Gasteiger partial charge in [0.2, 0.25) is 5.91 Å². The lowest BCUT2D eigenvalue weighted by Crippen LogP contribution is -2.57. The molecular formula is C12H19F3N2O. The summed E-state index contributed by atoms with van der Waals surface area (Å²) in [4.78, 5) is 13.8. The quantitative estimate of drug-likeness (QED) is 0.785. The fourth-order valence-electron chi connectivity index (χ4n) is 2.98. The zero-order chi connectivity index (χ0) is 13.6. The van der Waals surface area contributed by atoms with Crippen LogP contribution in [0.5, 0.6) is 0 Å². The van der Waals surface area contributed by atoms with Gasteiger partial charge >= 0.3 is 6.18 Å². The Bertz CT molecular complexity index is 346. The number of likely N-dealkylation sites (tertiary alicyclic amines) is 1. The molecule has 0 spiro atoms. The van der Waals surface area contributed by atoms with Crippen molar-refractivity contribution in [3.05, 3.63) is 0 Å². The van der Waals surface area contributed by atoms with Crippen LogP contribution < -0.4 is 5.32 Å². The molecule has 2 aliphatic heterocycles. The molecule has 0 bridgehead atoms. The minimum atomic E-state index is -4.48. The average molecular weight is 264 g/mol. The first-order valence-electron chi connectivity index (χ1n) is 6.30. The highest BCUT2D eigenvalue weighted by Crippen LogP contribution is 2.46. The number of rotatable bonds is 1. The molecule has 1 unspecified atom stereocenters. The molecule has 2 aliphatic rings. The lowest BCUT2D eigenvalue weighted by molar-refractivity contribution is -0.223. The molecular weight excluding hydrogens is 245 g/mol. The van der Waals surface area contributed by atoms with E-state index in [0.29, 0.717) is 6.54 Å². The lowest BCUT2D eigenvalue weighted by Gasteiger charge is -2.39. The summed E-state index contributed by atoms with van der Waals surface area (Å²) in [5.41, 5.74) is -2.67. The number of carbonyl (C=O) groups excluding carboxylic acids is 1. The maximum Gasteiger partial charge on any atom is 0.404 e. The van der Waals surface area contributed by atoms with Gasteiger partial charge in [0, 0.05) is 18.6 Å². The largest absolute Gasteiger partial charge is 0.404 e. The monoisotopic (exact) mass is 264 g/mol. The van der Waals surface area contributed by atoms with E-state index in [1.54, 1.807) is 0 Å². The van der Waals surface area contributed by atoms with Crippen LogP contribution in [-0.2, 0) is 4.79 Å². The van der Waals surface area contributed by atoms with Crippen molar-refractivity contribution in [1.29, 1.82) is 0 Å². The van der Waals surface area contributed by atoms with E-state index in [4.69, 9.17) is 0 Å². The third-order valence-electron chi connectivity index (χ3n) is 4.25. The van der Waals surface area contributed by atoms with Gasteiger partial charge in [-0.1, -0.05) is 0 Å². The van der Waals surface area contributed by atoms with Crippen LogP contribution in [0.3, 0.4) is 0 Å². The van der Waals surface area contributed by atoms with Crippen molar-refractivity contribution in [2.45, 2.75) is 44.8 Å². The van der Waals surface area contributed by atoms with Gasteiger partial charge in [-0.25, -0.2) is 0 Å². The van der Waals surface area contributed by atoms with E-state index in [-0.39, 0.29) is 19.5 Å². The zero-order valence-electron chi connectivity index (χ0n) is 10.7. The highest BCUT2D eigenvalue weighted by atomic mass is 19.4. The molecule has 0 aromatic rings. The second-order valence-electron chi connectivity index (χ2n) is 5.88. The summed E-state index contributed by atoms with van der Waals surface area (Å²) in [5, 5.41) is 2.68. The SMILES string of the molecule is CC1(C)CCCN1C(=O)C1(C(F)(F)F)CCNC1. The van der Waals surface area contributed by atoms with Gasteiger partial charge in [0.15, 0.2) is 5.41 Å². The number of carbonyl (C=O) groups is 1. The first-order chi connectivity index (χ1) is 8.21. The highest BCUT2D eigenvalue weighted by Gasteiger charge is 2.63. The van der Waals surface area contributed by atoms with Crippen molar-refractivity contribution in [3.63, 3.8) is 0 Å². The average Bonchev–Trinajstić information content (AvgIpc) is 2.82. The van der Waals surface area contributed by atoms with Crippen LogP contribution in [0.15, 0.2) is 0 Å². The van der Waals surface area contributed by atoms with Crippen LogP contribution in [0.2, 0.25) is 0 Å². The Morgan fingerprint density at radius 1 is 1.28 bits per heavy atom. The minimum Gasteiger partial charge on any atom is -0.337 e. The van der Waals surface area contributed by atoms with E-state index < -0.39 is 23.0 Å². The predicted molar refractivity (Wildman–Crippen MR) is 61.0 cm³/mol. The molecule has 0 aliphatic carbocycles. The number of hydrogen-bond donors (Lipinski definition) is 1. The molecule has 0 aromatic carbocycles. The Labute approximate surface area is 105 Å². The first-order valence-corrected chi connectivity index (χ1v) is 6.30. The van der Waals surface area contributed by atoms with E-state index in [9.17, 15) is 18.0 Å². The molecule has 0 aromatic heterocycles. The Hall–Kier alpha value is -0.780. The van der Waals surface area contributed by atoms with Gasteiger partial charge in [0.1, 0.15) is 0 Å². The van der Waals surface area contributed by atoms with Gasteiger partial charge in [-0.15, -0.1) is 0 Å². The van der Waals surface area contributed by atoms with E-state index in [2.05, 4.69) is 5.32 Å². The molecule has 104 valence electrons. The molecule has 1 atom stereocenters. The topological polar surface area (TPSA) is 32.3 Å². The molecule has 6 heteroatoms. The minimum absolute atomic E-state index is 0.151. The van der Waals surface area contributed by atoms with Crippen molar-refractivity contribution in [1.82, 2.24) is 10.2 Å². The van der Waals surface area contributed by atoms with Gasteiger partial charge in [-0.3, -0.25) is 4.79 Å².